The number of hydrogen-bond acceptors (Lipinski definition) is 14. The van der Waals surface area contributed by atoms with Gasteiger partial charge in [-0.05, 0) is 168 Å². The van der Waals surface area contributed by atoms with E-state index in [-0.39, 0.29) is 30.8 Å². The highest BCUT2D eigenvalue weighted by Crippen LogP contribution is 2.46. The predicted molar refractivity (Wildman–Crippen MR) is 458 cm³/mol. The average Bonchev–Trinajstić information content (AvgIpc) is 1.60. The third-order valence-corrected chi connectivity index (χ3v) is 22.1. The highest BCUT2D eigenvalue weighted by Gasteiger charge is 2.39. The van der Waals surface area contributed by atoms with E-state index in [0.29, 0.717) is 34.8 Å². The van der Waals surface area contributed by atoms with E-state index in [1.807, 2.05) is 161 Å². The van der Waals surface area contributed by atoms with Gasteiger partial charge in [-0.15, -0.1) is 0 Å². The zero-order valence-corrected chi connectivity index (χ0v) is 66.2. The van der Waals surface area contributed by atoms with Crippen LogP contribution in [0.3, 0.4) is 0 Å². The van der Waals surface area contributed by atoms with Crippen LogP contribution in [0.25, 0.3) is 112 Å². The molecule has 0 fully saturated rings. The highest BCUT2D eigenvalue weighted by atomic mass is 16.3. The number of rotatable bonds is 7. The molecule has 0 spiro atoms. The van der Waals surface area contributed by atoms with Gasteiger partial charge < -0.3 is 62.0 Å². The number of para-hydroxylation sites is 3. The second-order valence-electron chi connectivity index (χ2n) is 29.0. The molecule has 0 saturated heterocycles. The molecule has 9 heterocycles. The monoisotopic (exact) mass is 1490 g/mol. The first-order valence-corrected chi connectivity index (χ1v) is 37.5. The van der Waals surface area contributed by atoms with Crippen LogP contribution in [0, 0.1) is 67.5 Å². The predicted octanol–water partition coefficient (Wildman–Crippen LogP) is 22.5. The second kappa shape index (κ2) is 31.3. The van der Waals surface area contributed by atoms with Gasteiger partial charge in [-0.25, -0.2) is 4.98 Å². The molecular weight excluding hydrogens is 1400 g/mol. The van der Waals surface area contributed by atoms with Crippen LogP contribution < -0.4 is 24.5 Å². The number of aryl methyl sites for hydroxylation is 5. The maximum Gasteiger partial charge on any atom is 0.248 e. The van der Waals surface area contributed by atoms with Crippen LogP contribution >= 0.6 is 0 Å². The minimum atomic E-state index is 0.0598. The van der Waals surface area contributed by atoms with Crippen molar-refractivity contribution >= 4 is 94.4 Å². The molecule has 562 valence electrons. The van der Waals surface area contributed by atoms with Gasteiger partial charge in [-0.3, -0.25) is 24.5 Å². The summed E-state index contributed by atoms with van der Waals surface area (Å²) in [6.07, 6.45) is 11.7. The SMILES string of the molecule is [C-]#[N+]C1=CN(C)[C@H](C)N1c1c(C)ccc2c1oc1ccccc12.[C-]#[N+]C1=CN(C)[C@H](C)N1c1c(C)ccc2c1oc1ncccc12.[C-]#[N+]C1=CN(C)[C@H](C)N1c1c(C)cccc1-c1ccccc1.[C-]#[N+]C1=CN(C)[C@H](C)N1c1cc2oc3ccccc3c2cc1C.[C-]#[N+]C1=CN(C)[C@H](C)N1c1ccc(-c2ccccc2)cc1C. The number of fused-ring (bicyclic) bond motifs is 9. The number of furan rings is 3. The van der Waals surface area contributed by atoms with E-state index in [0.717, 1.165) is 111 Å². The first-order valence-electron chi connectivity index (χ1n) is 37.5. The Morgan fingerprint density at radius 2 is 0.708 bits per heavy atom. The smallest absolute Gasteiger partial charge is 0.248 e. The standard InChI is InChI=1S/2C19H17N3O.2C19H19N3.C18H16N4O/c1-12-9-15-14-7-5-6-8-17(14)23-18(15)10-16(12)22-13(2)21(4)11-19(22)20-3;1-12-9-10-15-14-7-5-6-8-16(14)23-19(15)18(12)22-13(2)21(4)11-17(22)20-3;1-14-9-8-12-17(16-10-6-5-7-11-16)19(14)22-15(2)21(4)13-18(22)20-3;1-14-12-17(16-8-6-5-7-9-16)10-11-18(14)22-15(2)21(4)13-19(22)20-3;1-11-7-8-13-14-6-5-9-20-18(14)23-17(13)16(11)22-12(2)21(4)10-15(22)19-3/h2*5-11,13H,1-2,4H3;2*5-13,15H,1-2,4H3;5-10,12H,1-2,4H3/t2*13-;2*15-;12-/m00000/s1. The zero-order chi connectivity index (χ0) is 79.8. The Morgan fingerprint density at radius 1 is 0.301 bits per heavy atom. The summed E-state index contributed by atoms with van der Waals surface area (Å²) in [4.78, 5) is 43.4. The van der Waals surface area contributed by atoms with Gasteiger partial charge in [0.05, 0.1) is 0 Å². The van der Waals surface area contributed by atoms with Crippen molar-refractivity contribution in [3.63, 3.8) is 0 Å². The number of aromatic nitrogens is 1. The molecule has 0 unspecified atom stereocenters. The molecule has 0 saturated carbocycles. The summed E-state index contributed by atoms with van der Waals surface area (Å²) in [5, 5.41) is 6.47. The Kier molecular flexibility index (Phi) is 20.9. The van der Waals surface area contributed by atoms with Crippen LogP contribution in [0.4, 0.5) is 28.4 Å². The van der Waals surface area contributed by atoms with Crippen LogP contribution in [-0.4, -0.2) is 95.6 Å². The zero-order valence-electron chi connectivity index (χ0n) is 66.2. The van der Waals surface area contributed by atoms with E-state index >= 15 is 0 Å². The summed E-state index contributed by atoms with van der Waals surface area (Å²) < 4.78 is 18.2. The van der Waals surface area contributed by atoms with Crippen LogP contribution in [0.1, 0.15) is 62.4 Å². The van der Waals surface area contributed by atoms with E-state index in [4.69, 9.17) is 46.1 Å². The van der Waals surface area contributed by atoms with Crippen molar-refractivity contribution < 1.29 is 13.3 Å². The lowest BCUT2D eigenvalue weighted by atomic mass is 9.99. The lowest BCUT2D eigenvalue weighted by Crippen LogP contribution is -2.35. The molecule has 13 aromatic rings. The lowest BCUT2D eigenvalue weighted by molar-refractivity contribution is 0.382. The lowest BCUT2D eigenvalue weighted by Gasteiger charge is -2.28. The number of nitrogens with zero attached hydrogens (tertiary/aromatic N) is 16. The Labute approximate surface area is 660 Å². The molecule has 19 nitrogen and oxygen atoms in total. The van der Waals surface area contributed by atoms with E-state index in [1.165, 1.54) is 27.8 Å². The molecule has 9 aromatic carbocycles. The summed E-state index contributed by atoms with van der Waals surface area (Å²) in [5.74, 6) is 3.20. The van der Waals surface area contributed by atoms with Gasteiger partial charge >= 0.3 is 0 Å². The Balaban J connectivity index is 0.000000117. The van der Waals surface area contributed by atoms with Crippen LogP contribution in [0.5, 0.6) is 0 Å². The summed E-state index contributed by atoms with van der Waals surface area (Å²) in [6.45, 7) is 58.2. The fourth-order valence-corrected chi connectivity index (χ4v) is 15.5. The van der Waals surface area contributed by atoms with Crippen molar-refractivity contribution in [2.24, 2.45) is 0 Å². The first kappa shape index (κ1) is 75.5. The van der Waals surface area contributed by atoms with Crippen molar-refractivity contribution in [2.45, 2.75) is 100 Å². The molecule has 18 rings (SSSR count). The van der Waals surface area contributed by atoms with Crippen molar-refractivity contribution in [1.29, 1.82) is 0 Å². The molecule has 113 heavy (non-hydrogen) atoms. The van der Waals surface area contributed by atoms with Crippen molar-refractivity contribution in [2.75, 3.05) is 59.7 Å². The maximum atomic E-state index is 7.50. The molecule has 5 aliphatic heterocycles. The van der Waals surface area contributed by atoms with E-state index in [2.05, 4.69) is 247 Å². The molecule has 5 aliphatic rings. The minimum absolute atomic E-state index is 0.0598. The number of benzene rings is 9. The van der Waals surface area contributed by atoms with Crippen LogP contribution in [-0.2, 0) is 0 Å². The van der Waals surface area contributed by atoms with E-state index in [1.54, 1.807) is 6.20 Å². The molecule has 0 aliphatic carbocycles. The summed E-state index contributed by atoms with van der Waals surface area (Å²) >= 11 is 0. The largest absolute Gasteiger partial charge is 0.456 e. The van der Waals surface area contributed by atoms with Crippen molar-refractivity contribution in [3.05, 3.63) is 345 Å². The maximum absolute atomic E-state index is 7.50. The van der Waals surface area contributed by atoms with Gasteiger partial charge in [0.15, 0.2) is 53.4 Å². The number of anilines is 5. The third kappa shape index (κ3) is 13.9. The number of pyridine rings is 1. The minimum Gasteiger partial charge on any atom is -0.456 e. The third-order valence-electron chi connectivity index (χ3n) is 22.1. The Morgan fingerprint density at radius 3 is 1.22 bits per heavy atom. The number of hydrogen-bond donors (Lipinski definition) is 0. The van der Waals surface area contributed by atoms with Crippen LogP contribution in [0.15, 0.2) is 274 Å². The molecular formula is C94H88N16O3. The van der Waals surface area contributed by atoms with Gasteiger partial charge in [0.1, 0.15) is 33.8 Å². The van der Waals surface area contributed by atoms with E-state index < -0.39 is 0 Å². The molecule has 19 heteroatoms. The van der Waals surface area contributed by atoms with Gasteiger partial charge in [-0.1, -0.05) is 166 Å². The molecule has 0 N–H and O–H groups in total. The molecule has 5 atom stereocenters. The van der Waals surface area contributed by atoms with Gasteiger partial charge in [-0.2, -0.15) is 0 Å². The molecule has 0 radical (unpaired) electrons. The summed E-state index contributed by atoms with van der Waals surface area (Å²) in [7, 11) is 9.97. The quantitative estimate of drug-likeness (QED) is 0.141. The van der Waals surface area contributed by atoms with E-state index in [9.17, 15) is 0 Å². The summed E-state index contributed by atoms with van der Waals surface area (Å²) in [6, 6.07) is 66.1. The average molecular weight is 1490 g/mol. The first-order chi connectivity index (χ1) is 54.6. The normalized spacial score (nSPS) is 17.6. The summed E-state index contributed by atoms with van der Waals surface area (Å²) in [5.41, 5.74) is 20.5. The fourth-order valence-electron chi connectivity index (χ4n) is 15.5. The molecule has 0 bridgehead atoms. The van der Waals surface area contributed by atoms with Crippen molar-refractivity contribution in [3.8, 4) is 22.3 Å². The topological polar surface area (TPSA) is 107 Å². The van der Waals surface area contributed by atoms with Gasteiger partial charge in [0.2, 0.25) is 34.8 Å². The fraction of sp³-hybridized carbons (Fsp3) is 0.213. The highest BCUT2D eigenvalue weighted by molar-refractivity contribution is 6.11. The van der Waals surface area contributed by atoms with Gasteiger partial charge in [0.25, 0.3) is 0 Å². The van der Waals surface area contributed by atoms with Crippen LogP contribution in [0.2, 0.25) is 0 Å². The molecule has 0 amide bonds. The molecule has 4 aromatic heterocycles. The Hall–Kier alpha value is -14.3. The van der Waals surface area contributed by atoms with Crippen molar-refractivity contribution in [1.82, 2.24) is 29.5 Å². The van der Waals surface area contributed by atoms with Gasteiger partial charge in [0, 0.05) is 116 Å². The second-order valence-corrected chi connectivity index (χ2v) is 29.0. The Bertz CT molecular complexity index is 6080.